The predicted molar refractivity (Wildman–Crippen MR) is 65.2 cm³/mol. The van der Waals surface area contributed by atoms with Crippen LogP contribution < -0.4 is 11.1 Å². The van der Waals surface area contributed by atoms with Crippen LogP contribution >= 0.6 is 0 Å². The fraction of sp³-hybridized carbons (Fsp3) is 0.333. The Kier molecular flexibility index (Phi) is 3.24. The highest BCUT2D eigenvalue weighted by Crippen LogP contribution is 2.25. The topological polar surface area (TPSA) is 74.1 Å². The van der Waals surface area contributed by atoms with Crippen LogP contribution in [0, 0.1) is 0 Å². The third-order valence-corrected chi connectivity index (χ3v) is 2.91. The molecular weight excluding hydrogens is 202 g/mol. The van der Waals surface area contributed by atoms with E-state index in [1.54, 1.807) is 0 Å². The van der Waals surface area contributed by atoms with Crippen LogP contribution in [0.5, 0.6) is 0 Å². The van der Waals surface area contributed by atoms with E-state index in [9.17, 15) is 0 Å². The summed E-state index contributed by atoms with van der Waals surface area (Å²) in [6.07, 6.45) is 1.95. The Hall–Kier alpha value is -1.36. The maximum atomic E-state index is 9.13. The van der Waals surface area contributed by atoms with Gasteiger partial charge in [-0.25, -0.2) is 0 Å². The first-order valence-electron chi connectivity index (χ1n) is 5.37. The third-order valence-electron chi connectivity index (χ3n) is 2.91. The average Bonchev–Trinajstić information content (AvgIpc) is 2.74. The van der Waals surface area contributed by atoms with Crippen molar-refractivity contribution in [2.75, 3.05) is 13.7 Å². The summed E-state index contributed by atoms with van der Waals surface area (Å²) >= 11 is 0. The smallest absolute Gasteiger partial charge is 0.0601 e. The van der Waals surface area contributed by atoms with Gasteiger partial charge in [-0.3, -0.25) is 0 Å². The molecule has 0 radical (unpaired) electrons. The fourth-order valence-electron chi connectivity index (χ4n) is 2.06. The molecule has 2 aromatic rings. The van der Waals surface area contributed by atoms with Gasteiger partial charge in [-0.15, -0.1) is 0 Å². The molecule has 0 saturated carbocycles. The quantitative estimate of drug-likeness (QED) is 0.613. The van der Waals surface area contributed by atoms with Crippen LogP contribution in [0.2, 0.25) is 0 Å². The van der Waals surface area contributed by atoms with Crippen molar-refractivity contribution in [2.45, 2.75) is 12.1 Å². The molecule has 0 aliphatic heterocycles. The maximum absolute atomic E-state index is 9.13. The maximum Gasteiger partial charge on any atom is 0.0601 e. The summed E-state index contributed by atoms with van der Waals surface area (Å²) in [7, 11) is 1.85. The molecule has 0 saturated heterocycles. The van der Waals surface area contributed by atoms with Gasteiger partial charge in [-0.2, -0.15) is 0 Å². The van der Waals surface area contributed by atoms with Crippen molar-refractivity contribution in [2.24, 2.45) is 5.73 Å². The molecule has 0 spiro atoms. The van der Waals surface area contributed by atoms with Crippen LogP contribution in [-0.4, -0.2) is 29.8 Å². The molecule has 1 aromatic heterocycles. The van der Waals surface area contributed by atoms with E-state index in [2.05, 4.69) is 16.4 Å². The molecule has 2 unspecified atom stereocenters. The van der Waals surface area contributed by atoms with Crippen molar-refractivity contribution in [1.29, 1.82) is 0 Å². The van der Waals surface area contributed by atoms with E-state index in [0.29, 0.717) is 0 Å². The highest BCUT2D eigenvalue weighted by molar-refractivity contribution is 5.83. The molecule has 4 heteroatoms. The zero-order chi connectivity index (χ0) is 11.5. The number of aromatic amines is 1. The van der Waals surface area contributed by atoms with Crippen LogP contribution in [0.15, 0.2) is 30.5 Å². The van der Waals surface area contributed by atoms with Crippen molar-refractivity contribution >= 4 is 10.9 Å². The molecule has 1 heterocycles. The van der Waals surface area contributed by atoms with Crippen LogP contribution in [0.25, 0.3) is 10.9 Å². The largest absolute Gasteiger partial charge is 0.395 e. The predicted octanol–water partition coefficient (Wildman–Crippen LogP) is 0.748. The number of aliphatic hydroxyl groups excluding tert-OH is 1. The van der Waals surface area contributed by atoms with Crippen LogP contribution in [0.3, 0.4) is 0 Å². The van der Waals surface area contributed by atoms with Crippen molar-refractivity contribution < 1.29 is 5.11 Å². The lowest BCUT2D eigenvalue weighted by molar-refractivity contribution is 0.241. The average molecular weight is 219 g/mol. The van der Waals surface area contributed by atoms with E-state index in [1.807, 2.05) is 31.4 Å². The third kappa shape index (κ3) is 1.82. The van der Waals surface area contributed by atoms with E-state index in [-0.39, 0.29) is 18.7 Å². The van der Waals surface area contributed by atoms with Crippen molar-refractivity contribution in [3.8, 4) is 0 Å². The van der Waals surface area contributed by atoms with Crippen molar-refractivity contribution in [1.82, 2.24) is 10.3 Å². The summed E-state index contributed by atoms with van der Waals surface area (Å²) in [5.74, 6) is 0. The van der Waals surface area contributed by atoms with E-state index < -0.39 is 0 Å². The number of aliphatic hydroxyl groups is 1. The number of nitrogens with two attached hydrogens (primary N) is 1. The van der Waals surface area contributed by atoms with Gasteiger partial charge in [-0.05, 0) is 18.7 Å². The number of fused-ring (bicyclic) bond motifs is 1. The molecule has 16 heavy (non-hydrogen) atoms. The molecule has 4 nitrogen and oxygen atoms in total. The summed E-state index contributed by atoms with van der Waals surface area (Å²) in [6.45, 7) is -0.0367. The Morgan fingerprint density at radius 1 is 1.44 bits per heavy atom. The Balaban J connectivity index is 2.45. The number of aromatic nitrogens is 1. The lowest BCUT2D eigenvalue weighted by Gasteiger charge is -2.21. The van der Waals surface area contributed by atoms with Gasteiger partial charge < -0.3 is 21.1 Å². The van der Waals surface area contributed by atoms with Gasteiger partial charge in [0.25, 0.3) is 0 Å². The molecule has 5 N–H and O–H groups in total. The first kappa shape index (κ1) is 11.1. The second-order valence-electron chi connectivity index (χ2n) is 3.90. The number of hydrogen-bond donors (Lipinski definition) is 4. The lowest BCUT2D eigenvalue weighted by atomic mass is 10.00. The van der Waals surface area contributed by atoms with Gasteiger partial charge in [0.1, 0.15) is 0 Å². The minimum absolute atomic E-state index is 0.0367. The van der Waals surface area contributed by atoms with Gasteiger partial charge in [-0.1, -0.05) is 18.2 Å². The standard InChI is InChI=1S/C12H17N3O/c1-14-12(10(13)7-16)9-6-15-11-5-3-2-4-8(9)11/h2-6,10,12,14-16H,7,13H2,1H3. The summed E-state index contributed by atoms with van der Waals surface area (Å²) in [5, 5.41) is 13.4. The van der Waals surface area contributed by atoms with Crippen molar-refractivity contribution in [3.05, 3.63) is 36.0 Å². The molecule has 1 aromatic carbocycles. The van der Waals surface area contributed by atoms with Crippen LogP contribution in [-0.2, 0) is 0 Å². The molecule has 2 atom stereocenters. The van der Waals surface area contributed by atoms with E-state index in [4.69, 9.17) is 10.8 Å². The van der Waals surface area contributed by atoms with Gasteiger partial charge >= 0.3 is 0 Å². The molecule has 0 aliphatic carbocycles. The Labute approximate surface area is 94.5 Å². The number of H-pyrrole nitrogens is 1. The Morgan fingerprint density at radius 2 is 2.19 bits per heavy atom. The number of nitrogens with one attached hydrogen (secondary N) is 2. The Morgan fingerprint density at radius 3 is 2.88 bits per heavy atom. The summed E-state index contributed by atoms with van der Waals surface area (Å²) in [5.41, 5.74) is 8.07. The summed E-state index contributed by atoms with van der Waals surface area (Å²) < 4.78 is 0. The number of benzene rings is 1. The monoisotopic (exact) mass is 219 g/mol. The van der Waals surface area contributed by atoms with Crippen LogP contribution in [0.1, 0.15) is 11.6 Å². The summed E-state index contributed by atoms with van der Waals surface area (Å²) in [6, 6.07) is 7.72. The SMILES string of the molecule is CNC(c1c[nH]c2ccccc12)C(N)CO. The van der Waals surface area contributed by atoms with Gasteiger partial charge in [0, 0.05) is 23.1 Å². The van der Waals surface area contributed by atoms with E-state index >= 15 is 0 Å². The second kappa shape index (κ2) is 4.65. The minimum Gasteiger partial charge on any atom is -0.395 e. The first-order valence-corrected chi connectivity index (χ1v) is 5.37. The van der Waals surface area contributed by atoms with E-state index in [1.165, 1.54) is 0 Å². The highest BCUT2D eigenvalue weighted by atomic mass is 16.3. The molecule has 0 fully saturated rings. The minimum atomic E-state index is -0.302. The zero-order valence-corrected chi connectivity index (χ0v) is 9.27. The molecule has 86 valence electrons. The molecular formula is C12H17N3O. The lowest BCUT2D eigenvalue weighted by Crippen LogP contribution is -2.38. The van der Waals surface area contributed by atoms with Gasteiger partial charge in [0.05, 0.1) is 12.6 Å². The van der Waals surface area contributed by atoms with Gasteiger partial charge in [0.2, 0.25) is 0 Å². The highest BCUT2D eigenvalue weighted by Gasteiger charge is 2.20. The number of hydrogen-bond acceptors (Lipinski definition) is 3. The normalized spacial score (nSPS) is 15.2. The number of rotatable bonds is 4. The van der Waals surface area contributed by atoms with E-state index in [0.717, 1.165) is 16.5 Å². The molecule has 0 amide bonds. The molecule has 0 aliphatic rings. The zero-order valence-electron chi connectivity index (χ0n) is 9.27. The summed E-state index contributed by atoms with van der Waals surface area (Å²) in [4.78, 5) is 3.20. The molecule has 0 bridgehead atoms. The fourth-order valence-corrected chi connectivity index (χ4v) is 2.06. The Bertz CT molecular complexity index is 466. The molecule has 2 rings (SSSR count). The number of likely N-dealkylation sites (N-methyl/N-ethyl adjacent to an activating group) is 1. The second-order valence-corrected chi connectivity index (χ2v) is 3.90. The van der Waals surface area contributed by atoms with Crippen LogP contribution in [0.4, 0.5) is 0 Å². The van der Waals surface area contributed by atoms with Gasteiger partial charge in [0.15, 0.2) is 0 Å². The number of para-hydroxylation sites is 1. The van der Waals surface area contributed by atoms with Crippen molar-refractivity contribution in [3.63, 3.8) is 0 Å². The first-order chi connectivity index (χ1) is 7.77.